The van der Waals surface area contributed by atoms with Crippen molar-refractivity contribution in [3.05, 3.63) is 59.5 Å². The van der Waals surface area contributed by atoms with Gasteiger partial charge in [0.25, 0.3) is 0 Å². The van der Waals surface area contributed by atoms with Gasteiger partial charge >= 0.3 is 0 Å². The van der Waals surface area contributed by atoms with E-state index in [-0.39, 0.29) is 0 Å². The molecular weight excluding hydrogens is 359 g/mol. The lowest BCUT2D eigenvalue weighted by atomic mass is 10.1. The third-order valence-electron chi connectivity index (χ3n) is 2.70. The zero-order chi connectivity index (χ0) is 14.7. The van der Waals surface area contributed by atoms with Gasteiger partial charge in [0.1, 0.15) is 5.69 Å². The number of hydrogen-bond acceptors (Lipinski definition) is 2. The zero-order valence-corrected chi connectivity index (χ0v) is 13.6. The van der Waals surface area contributed by atoms with Gasteiger partial charge in [0.05, 0.1) is 27.1 Å². The molecule has 0 aliphatic carbocycles. The average Bonchev–Trinajstić information content (AvgIpc) is 2.46. The van der Waals surface area contributed by atoms with Crippen molar-refractivity contribution in [2.75, 3.05) is 0 Å². The van der Waals surface area contributed by atoms with Gasteiger partial charge in [-0.1, -0.05) is 70.5 Å². The van der Waals surface area contributed by atoms with Gasteiger partial charge in [0, 0.05) is 10.9 Å². The first-order valence-electron chi connectivity index (χ1n) is 5.77. The van der Waals surface area contributed by atoms with Crippen LogP contribution in [0.2, 0.25) is 5.02 Å². The van der Waals surface area contributed by atoms with Crippen LogP contribution in [0, 0.1) is 0 Å². The van der Waals surface area contributed by atoms with Crippen LogP contribution in [0.15, 0.2) is 37.4 Å². The number of rotatable bonds is 4. The maximum atomic E-state index is 6.23. The molecule has 0 fully saturated rings. The molecule has 0 atom stereocenters. The van der Waals surface area contributed by atoms with Crippen molar-refractivity contribution in [2.24, 2.45) is 0 Å². The van der Waals surface area contributed by atoms with E-state index in [9.17, 15) is 0 Å². The van der Waals surface area contributed by atoms with Crippen molar-refractivity contribution in [2.45, 2.75) is 5.33 Å². The van der Waals surface area contributed by atoms with E-state index in [0.717, 1.165) is 11.3 Å². The fourth-order valence-electron chi connectivity index (χ4n) is 1.79. The standard InChI is InChI=1S/C15H11BrCl2N2/c1-3-12-14(9(2)17)20-13(8-16)15(19-12)10-6-4-5-7-11(10)18/h3-7H,1-2,8H2. The van der Waals surface area contributed by atoms with Crippen LogP contribution >= 0.6 is 39.1 Å². The Morgan fingerprint density at radius 1 is 1.30 bits per heavy atom. The first-order valence-corrected chi connectivity index (χ1v) is 7.65. The second kappa shape index (κ2) is 6.53. The lowest BCUT2D eigenvalue weighted by Crippen LogP contribution is -2.02. The molecule has 0 amide bonds. The van der Waals surface area contributed by atoms with Crippen molar-refractivity contribution in [1.82, 2.24) is 9.97 Å². The Morgan fingerprint density at radius 3 is 2.55 bits per heavy atom. The van der Waals surface area contributed by atoms with Gasteiger partial charge in [0.15, 0.2) is 0 Å². The summed E-state index contributed by atoms with van der Waals surface area (Å²) < 4.78 is 0. The van der Waals surface area contributed by atoms with Crippen LogP contribution in [-0.2, 0) is 5.33 Å². The van der Waals surface area contributed by atoms with Gasteiger partial charge in [-0.05, 0) is 12.1 Å². The molecule has 0 aliphatic heterocycles. The Labute approximate surface area is 136 Å². The quantitative estimate of drug-likeness (QED) is 0.660. The third kappa shape index (κ3) is 2.95. The summed E-state index contributed by atoms with van der Waals surface area (Å²) in [7, 11) is 0. The Hall–Kier alpha value is -1.16. The van der Waals surface area contributed by atoms with Crippen molar-refractivity contribution in [3.8, 4) is 11.3 Å². The molecule has 2 nitrogen and oxygen atoms in total. The van der Waals surface area contributed by atoms with E-state index in [1.54, 1.807) is 6.08 Å². The van der Waals surface area contributed by atoms with Gasteiger partial charge < -0.3 is 0 Å². The van der Waals surface area contributed by atoms with E-state index in [2.05, 4.69) is 39.1 Å². The van der Waals surface area contributed by atoms with Crippen LogP contribution in [0.5, 0.6) is 0 Å². The topological polar surface area (TPSA) is 25.8 Å². The summed E-state index contributed by atoms with van der Waals surface area (Å²) in [5.41, 5.74) is 3.41. The summed E-state index contributed by atoms with van der Waals surface area (Å²) in [5, 5.41) is 1.49. The van der Waals surface area contributed by atoms with Crippen molar-refractivity contribution in [1.29, 1.82) is 0 Å². The zero-order valence-electron chi connectivity index (χ0n) is 10.5. The van der Waals surface area contributed by atoms with Crippen LogP contribution < -0.4 is 0 Å². The molecule has 0 unspecified atom stereocenters. The normalized spacial score (nSPS) is 10.3. The number of halogens is 3. The predicted octanol–water partition coefficient (Wildman–Crippen LogP) is 5.54. The van der Waals surface area contributed by atoms with Gasteiger partial charge in [-0.3, -0.25) is 0 Å². The summed E-state index contributed by atoms with van der Waals surface area (Å²) in [5.74, 6) is 0. The van der Waals surface area contributed by atoms with Crippen LogP contribution in [0.1, 0.15) is 17.1 Å². The Bertz CT molecular complexity index is 684. The van der Waals surface area contributed by atoms with Crippen molar-refractivity contribution >= 4 is 50.2 Å². The summed E-state index contributed by atoms with van der Waals surface area (Å²) in [6.45, 7) is 7.44. The molecule has 20 heavy (non-hydrogen) atoms. The molecule has 0 aliphatic rings. The summed E-state index contributed by atoms with van der Waals surface area (Å²) in [6.07, 6.45) is 1.61. The van der Waals surface area contributed by atoms with E-state index in [4.69, 9.17) is 23.2 Å². The molecule has 1 aromatic heterocycles. The maximum Gasteiger partial charge on any atom is 0.107 e. The summed E-state index contributed by atoms with van der Waals surface area (Å²) >= 11 is 15.6. The van der Waals surface area contributed by atoms with E-state index in [0.29, 0.717) is 32.5 Å². The molecule has 0 saturated carbocycles. The minimum atomic E-state index is 0.334. The lowest BCUT2D eigenvalue weighted by molar-refractivity contribution is 1.08. The predicted molar refractivity (Wildman–Crippen MR) is 90.1 cm³/mol. The Balaban J connectivity index is 2.74. The first kappa shape index (κ1) is 15.2. The fourth-order valence-corrected chi connectivity index (χ4v) is 2.54. The molecule has 0 bridgehead atoms. The molecule has 102 valence electrons. The van der Waals surface area contributed by atoms with Gasteiger partial charge in [-0.15, -0.1) is 0 Å². The monoisotopic (exact) mass is 368 g/mol. The van der Waals surface area contributed by atoms with Gasteiger partial charge in [-0.2, -0.15) is 0 Å². The van der Waals surface area contributed by atoms with Crippen LogP contribution in [-0.4, -0.2) is 9.97 Å². The van der Waals surface area contributed by atoms with E-state index < -0.39 is 0 Å². The first-order chi connectivity index (χ1) is 9.58. The van der Waals surface area contributed by atoms with Gasteiger partial charge in [-0.25, -0.2) is 9.97 Å². The number of alkyl halides is 1. The minimum absolute atomic E-state index is 0.334. The highest BCUT2D eigenvalue weighted by molar-refractivity contribution is 9.08. The lowest BCUT2D eigenvalue weighted by Gasteiger charge is -2.12. The molecular formula is C15H11BrCl2N2. The second-order valence-corrected chi connectivity index (χ2v) is 5.40. The Morgan fingerprint density at radius 2 is 2.00 bits per heavy atom. The third-order valence-corrected chi connectivity index (χ3v) is 3.74. The number of nitrogens with zero attached hydrogens (tertiary/aromatic N) is 2. The fraction of sp³-hybridized carbons (Fsp3) is 0.0667. The van der Waals surface area contributed by atoms with Crippen LogP contribution in [0.4, 0.5) is 0 Å². The highest BCUT2D eigenvalue weighted by atomic mass is 79.9. The largest absolute Gasteiger partial charge is 0.246 e. The average molecular weight is 370 g/mol. The summed E-state index contributed by atoms with van der Waals surface area (Å²) in [4.78, 5) is 9.08. The van der Waals surface area contributed by atoms with Crippen molar-refractivity contribution < 1.29 is 0 Å². The molecule has 0 spiro atoms. The molecule has 5 heteroatoms. The maximum absolute atomic E-state index is 6.23. The molecule has 0 saturated heterocycles. The highest BCUT2D eigenvalue weighted by Gasteiger charge is 2.15. The van der Waals surface area contributed by atoms with Crippen molar-refractivity contribution in [3.63, 3.8) is 0 Å². The van der Waals surface area contributed by atoms with Crippen LogP contribution in [0.25, 0.3) is 22.4 Å². The van der Waals surface area contributed by atoms with Crippen LogP contribution in [0.3, 0.4) is 0 Å². The summed E-state index contributed by atoms with van der Waals surface area (Å²) in [6, 6.07) is 7.50. The van der Waals surface area contributed by atoms with E-state index in [1.807, 2.05) is 24.3 Å². The second-order valence-electron chi connectivity index (χ2n) is 3.98. The van der Waals surface area contributed by atoms with Gasteiger partial charge in [0.2, 0.25) is 0 Å². The SMILES string of the molecule is C=Cc1nc(-c2ccccc2Cl)c(CBr)nc1C(=C)Cl. The molecule has 1 aromatic carbocycles. The smallest absolute Gasteiger partial charge is 0.107 e. The number of hydrogen-bond donors (Lipinski definition) is 0. The molecule has 2 aromatic rings. The minimum Gasteiger partial charge on any atom is -0.246 e. The van der Waals surface area contributed by atoms with E-state index in [1.165, 1.54) is 0 Å². The Kier molecular flexibility index (Phi) is 4.97. The molecule has 0 radical (unpaired) electrons. The molecule has 2 rings (SSSR count). The molecule has 1 heterocycles. The number of aromatic nitrogens is 2. The molecule has 0 N–H and O–H groups in total. The van der Waals surface area contributed by atoms with E-state index >= 15 is 0 Å². The number of benzene rings is 1. The highest BCUT2D eigenvalue weighted by Crippen LogP contribution is 2.31.